The second kappa shape index (κ2) is 7.49. The number of carbonyl (C=O) groups is 1. The van der Waals surface area contributed by atoms with E-state index in [4.69, 9.17) is 0 Å². The number of nitrogens with zero attached hydrogens (tertiary/aromatic N) is 5. The smallest absolute Gasteiger partial charge is 0.320 e. The molecule has 6 heteroatoms. The van der Waals surface area contributed by atoms with Gasteiger partial charge in [-0.2, -0.15) is 9.78 Å². The van der Waals surface area contributed by atoms with Crippen LogP contribution in [0, 0.1) is 0 Å². The normalized spacial score (nSPS) is 15.2. The van der Waals surface area contributed by atoms with E-state index < -0.39 is 0 Å². The zero-order valence-corrected chi connectivity index (χ0v) is 14.5. The number of hydrogen-bond donors (Lipinski definition) is 0. The SMILES string of the molecule is O=C(N1CCN(Cc2cccnc2)CC1)n1cc(-c2ccccc2)cn1. The van der Waals surface area contributed by atoms with Crippen molar-refractivity contribution in [1.82, 2.24) is 24.6 Å². The molecule has 0 radical (unpaired) electrons. The fourth-order valence-electron chi connectivity index (χ4n) is 3.20. The van der Waals surface area contributed by atoms with Crippen molar-refractivity contribution >= 4 is 6.03 Å². The van der Waals surface area contributed by atoms with E-state index in [2.05, 4.69) is 21.0 Å². The van der Waals surface area contributed by atoms with E-state index in [9.17, 15) is 4.79 Å². The van der Waals surface area contributed by atoms with Crippen LogP contribution in [-0.2, 0) is 6.54 Å². The van der Waals surface area contributed by atoms with Crippen molar-refractivity contribution in [3.63, 3.8) is 0 Å². The van der Waals surface area contributed by atoms with Crippen LogP contribution in [0.25, 0.3) is 11.1 Å². The summed E-state index contributed by atoms with van der Waals surface area (Å²) < 4.78 is 1.44. The molecule has 3 aromatic rings. The van der Waals surface area contributed by atoms with Crippen LogP contribution in [0.5, 0.6) is 0 Å². The van der Waals surface area contributed by atoms with Crippen LogP contribution in [0.4, 0.5) is 4.79 Å². The number of pyridine rings is 1. The average Bonchev–Trinajstić information content (AvgIpc) is 3.20. The standard InChI is InChI=1S/C20H21N5O/c26-20(25-16-19(14-22-25)18-6-2-1-3-7-18)24-11-9-23(10-12-24)15-17-5-4-8-21-13-17/h1-8,13-14,16H,9-12,15H2. The van der Waals surface area contributed by atoms with Gasteiger partial charge in [0, 0.05) is 56.9 Å². The van der Waals surface area contributed by atoms with Gasteiger partial charge in [-0.25, -0.2) is 4.79 Å². The lowest BCUT2D eigenvalue weighted by Crippen LogP contribution is -2.49. The van der Waals surface area contributed by atoms with Gasteiger partial charge >= 0.3 is 6.03 Å². The zero-order valence-electron chi connectivity index (χ0n) is 14.5. The van der Waals surface area contributed by atoms with E-state index in [0.29, 0.717) is 13.1 Å². The average molecular weight is 347 g/mol. The Kier molecular flexibility index (Phi) is 4.75. The first-order valence-corrected chi connectivity index (χ1v) is 8.80. The van der Waals surface area contributed by atoms with Gasteiger partial charge in [0.15, 0.2) is 0 Å². The van der Waals surface area contributed by atoms with Crippen LogP contribution in [0.15, 0.2) is 67.3 Å². The van der Waals surface area contributed by atoms with Crippen LogP contribution in [0.1, 0.15) is 5.56 Å². The molecule has 132 valence electrons. The predicted octanol–water partition coefficient (Wildman–Crippen LogP) is 2.73. The van der Waals surface area contributed by atoms with Gasteiger partial charge in [-0.05, 0) is 17.2 Å². The van der Waals surface area contributed by atoms with E-state index in [1.54, 1.807) is 18.6 Å². The second-order valence-corrected chi connectivity index (χ2v) is 6.45. The van der Waals surface area contributed by atoms with Crippen molar-refractivity contribution in [3.05, 3.63) is 72.8 Å². The minimum absolute atomic E-state index is 0.0618. The molecule has 2 aromatic heterocycles. The number of piperazine rings is 1. The molecule has 1 aromatic carbocycles. The molecule has 1 fully saturated rings. The number of carbonyl (C=O) groups excluding carboxylic acids is 1. The maximum absolute atomic E-state index is 12.7. The Morgan fingerprint density at radius 1 is 0.923 bits per heavy atom. The Balaban J connectivity index is 1.36. The summed E-state index contributed by atoms with van der Waals surface area (Å²) in [6, 6.07) is 14.0. The lowest BCUT2D eigenvalue weighted by molar-refractivity contribution is 0.134. The van der Waals surface area contributed by atoms with Crippen molar-refractivity contribution in [2.24, 2.45) is 0 Å². The number of rotatable bonds is 3. The number of hydrogen-bond acceptors (Lipinski definition) is 4. The van der Waals surface area contributed by atoms with E-state index in [1.807, 2.05) is 47.5 Å². The minimum atomic E-state index is -0.0618. The van der Waals surface area contributed by atoms with E-state index in [1.165, 1.54) is 10.2 Å². The van der Waals surface area contributed by atoms with Gasteiger partial charge in [0.05, 0.1) is 6.20 Å². The highest BCUT2D eigenvalue weighted by Crippen LogP contribution is 2.18. The van der Waals surface area contributed by atoms with E-state index in [0.717, 1.165) is 30.8 Å². The van der Waals surface area contributed by atoms with Gasteiger partial charge in [0.25, 0.3) is 0 Å². The second-order valence-electron chi connectivity index (χ2n) is 6.45. The fourth-order valence-corrected chi connectivity index (χ4v) is 3.20. The van der Waals surface area contributed by atoms with Gasteiger partial charge < -0.3 is 4.90 Å². The predicted molar refractivity (Wildman–Crippen MR) is 99.5 cm³/mol. The summed E-state index contributed by atoms with van der Waals surface area (Å²) in [7, 11) is 0. The Morgan fingerprint density at radius 2 is 1.73 bits per heavy atom. The zero-order chi connectivity index (χ0) is 17.8. The van der Waals surface area contributed by atoms with E-state index >= 15 is 0 Å². The molecule has 0 atom stereocenters. The summed E-state index contributed by atoms with van der Waals surface area (Å²) >= 11 is 0. The molecule has 0 saturated carbocycles. The summed E-state index contributed by atoms with van der Waals surface area (Å²) in [5.41, 5.74) is 3.22. The summed E-state index contributed by atoms with van der Waals surface area (Å²) in [5, 5.41) is 4.26. The first-order chi connectivity index (χ1) is 12.8. The molecular weight excluding hydrogens is 326 g/mol. The van der Waals surface area contributed by atoms with Crippen molar-refractivity contribution < 1.29 is 4.79 Å². The van der Waals surface area contributed by atoms with Crippen LogP contribution in [0.2, 0.25) is 0 Å². The maximum Gasteiger partial charge on any atom is 0.344 e. The fraction of sp³-hybridized carbons (Fsp3) is 0.250. The third-order valence-electron chi connectivity index (χ3n) is 4.66. The third-order valence-corrected chi connectivity index (χ3v) is 4.66. The summed E-state index contributed by atoms with van der Waals surface area (Å²) in [6.45, 7) is 4.00. The third kappa shape index (κ3) is 3.65. The molecule has 0 unspecified atom stereocenters. The van der Waals surface area contributed by atoms with Crippen LogP contribution in [-0.4, -0.2) is 56.8 Å². The van der Waals surface area contributed by atoms with Gasteiger partial charge in [0.1, 0.15) is 0 Å². The van der Waals surface area contributed by atoms with Crippen LogP contribution in [0.3, 0.4) is 0 Å². The van der Waals surface area contributed by atoms with Gasteiger partial charge in [-0.15, -0.1) is 0 Å². The molecule has 26 heavy (non-hydrogen) atoms. The lowest BCUT2D eigenvalue weighted by atomic mass is 10.1. The van der Waals surface area contributed by atoms with Crippen molar-refractivity contribution in [2.45, 2.75) is 6.54 Å². The largest absolute Gasteiger partial charge is 0.344 e. The Hall–Kier alpha value is -2.99. The molecular formula is C20H21N5O. The summed E-state index contributed by atoms with van der Waals surface area (Å²) in [6.07, 6.45) is 7.23. The minimum Gasteiger partial charge on any atom is -0.320 e. The number of benzene rings is 1. The molecule has 6 nitrogen and oxygen atoms in total. The summed E-state index contributed by atoms with van der Waals surface area (Å²) in [5.74, 6) is 0. The van der Waals surface area contributed by atoms with Crippen LogP contribution < -0.4 is 0 Å². The molecule has 0 bridgehead atoms. The molecule has 1 aliphatic heterocycles. The molecule has 4 rings (SSSR count). The topological polar surface area (TPSA) is 54.3 Å². The first kappa shape index (κ1) is 16.5. The molecule has 1 aliphatic rings. The van der Waals surface area contributed by atoms with Crippen molar-refractivity contribution in [2.75, 3.05) is 26.2 Å². The number of amides is 1. The Morgan fingerprint density at radius 3 is 2.46 bits per heavy atom. The molecule has 1 saturated heterocycles. The van der Waals surface area contributed by atoms with Gasteiger partial charge in [-0.3, -0.25) is 9.88 Å². The monoisotopic (exact) mass is 347 g/mol. The highest BCUT2D eigenvalue weighted by atomic mass is 16.2. The van der Waals surface area contributed by atoms with Crippen molar-refractivity contribution in [3.8, 4) is 11.1 Å². The Labute approximate surface area is 152 Å². The summed E-state index contributed by atoms with van der Waals surface area (Å²) in [4.78, 5) is 21.1. The molecule has 3 heterocycles. The maximum atomic E-state index is 12.7. The number of aromatic nitrogens is 3. The quantitative estimate of drug-likeness (QED) is 0.731. The molecule has 0 N–H and O–H groups in total. The van der Waals surface area contributed by atoms with Crippen LogP contribution >= 0.6 is 0 Å². The Bertz CT molecular complexity index is 854. The molecule has 1 amide bonds. The van der Waals surface area contributed by atoms with Crippen molar-refractivity contribution in [1.29, 1.82) is 0 Å². The van der Waals surface area contributed by atoms with Gasteiger partial charge in [0.2, 0.25) is 0 Å². The highest BCUT2D eigenvalue weighted by Gasteiger charge is 2.23. The highest BCUT2D eigenvalue weighted by molar-refractivity contribution is 5.77. The lowest BCUT2D eigenvalue weighted by Gasteiger charge is -2.34. The van der Waals surface area contributed by atoms with E-state index in [-0.39, 0.29) is 6.03 Å². The molecule has 0 aliphatic carbocycles. The van der Waals surface area contributed by atoms with Gasteiger partial charge in [-0.1, -0.05) is 36.4 Å². The first-order valence-electron chi connectivity index (χ1n) is 8.80. The molecule has 0 spiro atoms.